The summed E-state index contributed by atoms with van der Waals surface area (Å²) in [7, 11) is 0. The number of fused-ring (bicyclic) bond motifs is 2. The van der Waals surface area contributed by atoms with Gasteiger partial charge in [0.15, 0.2) is 0 Å². The van der Waals surface area contributed by atoms with Gasteiger partial charge >= 0.3 is 0 Å². The average molecular weight is 928 g/mol. The number of benzene rings is 6. The third-order valence-corrected chi connectivity index (χ3v) is 10.9. The van der Waals surface area contributed by atoms with Crippen LogP contribution in [0, 0.1) is 6.07 Å². The van der Waals surface area contributed by atoms with Crippen molar-refractivity contribution in [3.63, 3.8) is 0 Å². The van der Waals surface area contributed by atoms with Gasteiger partial charge in [-0.25, -0.2) is 0 Å². The monoisotopic (exact) mass is 927 g/mol. The molecule has 57 heavy (non-hydrogen) atoms. The van der Waals surface area contributed by atoms with Crippen LogP contribution in [0.1, 0.15) is 79.0 Å². The van der Waals surface area contributed by atoms with E-state index in [0.717, 1.165) is 67.0 Å². The summed E-state index contributed by atoms with van der Waals surface area (Å²) in [6.45, 7) is 20.3. The number of rotatable bonds is 5. The molecular weight excluding hydrogens is 878 g/mol. The van der Waals surface area contributed by atoms with Crippen molar-refractivity contribution in [1.82, 2.24) is 14.5 Å². The summed E-state index contributed by atoms with van der Waals surface area (Å²) in [4.78, 5) is 10.5. The molecule has 2 aromatic heterocycles. The number of pyridine rings is 1. The van der Waals surface area contributed by atoms with Crippen molar-refractivity contribution in [2.75, 3.05) is 0 Å². The standard InChI is InChI=1S/C52H50N3O.Pt/c1-50(2,3)37-22-24-39(25-23-37)55-45-20-14-19-40(42-30-34(21-26-46(42)56)33-15-11-10-12-16-33)48(45)54-49(55)36-18-13-17-35(29-36)41-31-38(51(4,5)6)32-43-44(52(7,8)9)27-28-53-47(41)43;/h10-28,30-32,56H,1-9H3;/q-1;. The van der Waals surface area contributed by atoms with E-state index in [1.54, 1.807) is 6.07 Å². The molecule has 0 spiro atoms. The molecule has 2 heterocycles. The van der Waals surface area contributed by atoms with Gasteiger partial charge < -0.3 is 9.67 Å². The van der Waals surface area contributed by atoms with Crippen molar-refractivity contribution in [2.45, 2.75) is 78.6 Å². The van der Waals surface area contributed by atoms with Crippen LogP contribution >= 0.6 is 0 Å². The van der Waals surface area contributed by atoms with Gasteiger partial charge in [0.25, 0.3) is 0 Å². The smallest absolute Gasteiger partial charge is 0.123 e. The Kier molecular flexibility index (Phi) is 10.4. The number of aromatic nitrogens is 3. The Morgan fingerprint density at radius 2 is 1.23 bits per heavy atom. The van der Waals surface area contributed by atoms with Crippen LogP contribution < -0.4 is 0 Å². The average Bonchev–Trinajstić information content (AvgIpc) is 3.57. The Bertz CT molecular complexity index is 2740. The minimum atomic E-state index is -0.0709. The second-order valence-corrected chi connectivity index (χ2v) is 18.1. The number of phenols is 1. The van der Waals surface area contributed by atoms with Gasteiger partial charge in [-0.1, -0.05) is 146 Å². The fraction of sp³-hybridized carbons (Fsp3) is 0.231. The Hall–Kier alpha value is -5.31. The summed E-state index contributed by atoms with van der Waals surface area (Å²) in [6.07, 6.45) is 1.94. The maximum Gasteiger partial charge on any atom is 0.123 e. The van der Waals surface area contributed by atoms with Crippen LogP contribution in [-0.2, 0) is 37.3 Å². The zero-order chi connectivity index (χ0) is 39.6. The molecule has 8 aromatic rings. The molecule has 8 rings (SSSR count). The van der Waals surface area contributed by atoms with Crippen molar-refractivity contribution in [3.05, 3.63) is 156 Å². The van der Waals surface area contributed by atoms with Crippen LogP contribution in [0.4, 0.5) is 0 Å². The van der Waals surface area contributed by atoms with Crippen molar-refractivity contribution in [1.29, 1.82) is 0 Å². The molecule has 0 aliphatic heterocycles. The molecule has 0 fully saturated rings. The second-order valence-electron chi connectivity index (χ2n) is 18.1. The minimum Gasteiger partial charge on any atom is -0.507 e. The summed E-state index contributed by atoms with van der Waals surface area (Å²) < 4.78 is 2.23. The number of hydrogen-bond donors (Lipinski definition) is 1. The fourth-order valence-corrected chi connectivity index (χ4v) is 7.73. The van der Waals surface area contributed by atoms with Crippen molar-refractivity contribution in [3.8, 4) is 56.2 Å². The van der Waals surface area contributed by atoms with Crippen LogP contribution in [0.3, 0.4) is 0 Å². The molecule has 0 atom stereocenters. The van der Waals surface area contributed by atoms with Gasteiger partial charge in [-0.2, -0.15) is 0 Å². The molecule has 0 aliphatic rings. The zero-order valence-electron chi connectivity index (χ0n) is 34.3. The first-order chi connectivity index (χ1) is 26.6. The minimum absolute atomic E-state index is 0. The molecule has 0 radical (unpaired) electrons. The van der Waals surface area contributed by atoms with E-state index < -0.39 is 0 Å². The molecule has 0 unspecified atom stereocenters. The molecule has 4 nitrogen and oxygen atoms in total. The Labute approximate surface area is 352 Å². The van der Waals surface area contributed by atoms with E-state index in [4.69, 9.17) is 9.97 Å². The van der Waals surface area contributed by atoms with Crippen molar-refractivity contribution < 1.29 is 26.2 Å². The SMILES string of the molecule is CC(C)(C)c1ccc(-n2c(-c3[c-]c(-c4cc(C(C)(C)C)cc5c(C(C)(C)C)ccnc45)ccc3)nc3c(-c4cc(-c5ccccc5)ccc4O)cccc32)cc1.[Pt]. The van der Waals surface area contributed by atoms with Crippen LogP contribution in [0.25, 0.3) is 72.4 Å². The first kappa shape index (κ1) is 39.9. The van der Waals surface area contributed by atoms with E-state index in [2.05, 4.69) is 170 Å². The number of hydrogen-bond acceptors (Lipinski definition) is 3. The number of imidazole rings is 1. The third kappa shape index (κ3) is 7.61. The number of nitrogens with zero attached hydrogens (tertiary/aromatic N) is 3. The van der Waals surface area contributed by atoms with Crippen LogP contribution in [0.5, 0.6) is 5.75 Å². The summed E-state index contributed by atoms with van der Waals surface area (Å²) in [6, 6.07) is 48.1. The van der Waals surface area contributed by atoms with Crippen LogP contribution in [0.2, 0.25) is 0 Å². The largest absolute Gasteiger partial charge is 0.507 e. The molecule has 5 heteroatoms. The van der Waals surface area contributed by atoms with Gasteiger partial charge in [-0.3, -0.25) is 9.97 Å². The quantitative estimate of drug-likeness (QED) is 0.175. The normalized spacial score (nSPS) is 12.2. The second kappa shape index (κ2) is 14.9. The first-order valence-corrected chi connectivity index (χ1v) is 19.6. The summed E-state index contributed by atoms with van der Waals surface area (Å²) in [5.74, 6) is 0.986. The van der Waals surface area contributed by atoms with E-state index in [1.165, 1.54) is 22.1 Å². The Balaban J connectivity index is 0.00000496. The maximum absolute atomic E-state index is 11.4. The van der Waals surface area contributed by atoms with Gasteiger partial charge in [0.1, 0.15) is 5.75 Å². The molecular formula is C52H50N3OPt-. The number of phenolic OH excluding ortho intramolecular Hbond substituents is 1. The van der Waals surface area contributed by atoms with Crippen LogP contribution in [-0.4, -0.2) is 19.6 Å². The van der Waals surface area contributed by atoms with Gasteiger partial charge in [-0.05, 0) is 85.8 Å². The van der Waals surface area contributed by atoms with Gasteiger partial charge in [-0.15, -0.1) is 29.8 Å². The molecule has 6 aromatic carbocycles. The van der Waals surface area contributed by atoms with E-state index in [9.17, 15) is 5.11 Å². The van der Waals surface area contributed by atoms with E-state index in [1.807, 2.05) is 30.5 Å². The summed E-state index contributed by atoms with van der Waals surface area (Å²) >= 11 is 0. The maximum atomic E-state index is 11.4. The van der Waals surface area contributed by atoms with E-state index in [-0.39, 0.29) is 43.1 Å². The predicted molar refractivity (Wildman–Crippen MR) is 235 cm³/mol. The molecule has 0 bridgehead atoms. The van der Waals surface area contributed by atoms with E-state index in [0.29, 0.717) is 0 Å². The molecule has 1 N–H and O–H groups in total. The van der Waals surface area contributed by atoms with Gasteiger partial charge in [0, 0.05) is 49.6 Å². The molecule has 290 valence electrons. The van der Waals surface area contributed by atoms with Crippen molar-refractivity contribution >= 4 is 21.9 Å². The Morgan fingerprint density at radius 3 is 1.91 bits per heavy atom. The zero-order valence-corrected chi connectivity index (χ0v) is 36.6. The third-order valence-electron chi connectivity index (χ3n) is 10.9. The van der Waals surface area contributed by atoms with Gasteiger partial charge in [0.2, 0.25) is 0 Å². The summed E-state index contributed by atoms with van der Waals surface area (Å²) in [5.41, 5.74) is 14.0. The molecule has 0 aliphatic carbocycles. The van der Waals surface area contributed by atoms with Crippen LogP contribution in [0.15, 0.2) is 134 Å². The fourth-order valence-electron chi connectivity index (χ4n) is 7.73. The van der Waals surface area contributed by atoms with E-state index >= 15 is 0 Å². The predicted octanol–water partition coefficient (Wildman–Crippen LogP) is 13.6. The van der Waals surface area contributed by atoms with Gasteiger partial charge in [0.05, 0.1) is 16.9 Å². The summed E-state index contributed by atoms with van der Waals surface area (Å²) in [5, 5.41) is 12.5. The number of aromatic hydroxyl groups is 1. The molecule has 0 saturated heterocycles. The first-order valence-electron chi connectivity index (χ1n) is 19.6. The number of para-hydroxylation sites is 1. The van der Waals surface area contributed by atoms with Crippen molar-refractivity contribution in [2.24, 2.45) is 0 Å². The Morgan fingerprint density at radius 1 is 0.544 bits per heavy atom. The topological polar surface area (TPSA) is 50.9 Å². The molecule has 0 saturated carbocycles. The molecule has 0 amide bonds.